The molecule has 0 heterocycles. The minimum atomic E-state index is -0.128. The van der Waals surface area contributed by atoms with E-state index in [9.17, 15) is 4.79 Å². The number of methoxy groups -OCH3 is 2. The molecule has 0 aromatic rings. The summed E-state index contributed by atoms with van der Waals surface area (Å²) in [5.74, 6) is -0.128. The van der Waals surface area contributed by atoms with Crippen LogP contribution in [0, 0.1) is 0 Å². The molecule has 0 unspecified atom stereocenters. The molecule has 1 N–H and O–H groups in total. The molecule has 0 aliphatic heterocycles. The van der Waals surface area contributed by atoms with Crippen molar-refractivity contribution in [3.05, 3.63) is 0 Å². The lowest BCUT2D eigenvalue weighted by Crippen LogP contribution is -2.50. The summed E-state index contributed by atoms with van der Waals surface area (Å²) in [4.78, 5) is 11.4. The summed E-state index contributed by atoms with van der Waals surface area (Å²) < 4.78 is 10.1. The number of carbonyl (C=O) groups excluding carboxylic acids is 1. The zero-order valence-electron chi connectivity index (χ0n) is 10.5. The van der Waals surface area contributed by atoms with E-state index < -0.39 is 0 Å². The molecule has 94 valence electrons. The molecule has 0 bridgehead atoms. The van der Waals surface area contributed by atoms with Crippen molar-refractivity contribution in [2.45, 2.75) is 50.7 Å². The maximum absolute atomic E-state index is 11.4. The molecule has 1 fully saturated rings. The van der Waals surface area contributed by atoms with Gasteiger partial charge in [-0.1, -0.05) is 6.92 Å². The van der Waals surface area contributed by atoms with Gasteiger partial charge in [0.15, 0.2) is 0 Å². The highest BCUT2D eigenvalue weighted by atomic mass is 16.5. The van der Waals surface area contributed by atoms with Crippen LogP contribution < -0.4 is 5.32 Å². The van der Waals surface area contributed by atoms with E-state index in [1.54, 1.807) is 7.11 Å². The van der Waals surface area contributed by atoms with Gasteiger partial charge < -0.3 is 14.8 Å². The maximum Gasteiger partial charge on any atom is 0.307 e. The first-order chi connectivity index (χ1) is 7.65. The lowest BCUT2D eigenvalue weighted by Gasteiger charge is -2.39. The molecule has 0 aromatic heterocycles. The molecule has 1 aliphatic rings. The van der Waals surface area contributed by atoms with Gasteiger partial charge in [-0.2, -0.15) is 0 Å². The van der Waals surface area contributed by atoms with E-state index in [1.165, 1.54) is 7.11 Å². The third-order valence-electron chi connectivity index (χ3n) is 3.49. The molecule has 0 amide bonds. The predicted octanol–water partition coefficient (Wildman–Crippen LogP) is 1.49. The van der Waals surface area contributed by atoms with Gasteiger partial charge in [-0.05, 0) is 32.2 Å². The lowest BCUT2D eigenvalue weighted by molar-refractivity contribution is -0.143. The van der Waals surface area contributed by atoms with Gasteiger partial charge >= 0.3 is 5.97 Å². The fourth-order valence-electron chi connectivity index (χ4n) is 2.52. The van der Waals surface area contributed by atoms with Gasteiger partial charge in [-0.15, -0.1) is 0 Å². The van der Waals surface area contributed by atoms with Crippen LogP contribution in [0.2, 0.25) is 0 Å². The SMILES string of the molecule is CCNC1(CC(=O)OC)CCC(OC)CC1. The highest BCUT2D eigenvalue weighted by molar-refractivity contribution is 5.70. The Hall–Kier alpha value is -0.610. The largest absolute Gasteiger partial charge is 0.469 e. The summed E-state index contributed by atoms with van der Waals surface area (Å²) in [6.45, 7) is 2.95. The van der Waals surface area contributed by atoms with E-state index >= 15 is 0 Å². The summed E-state index contributed by atoms with van der Waals surface area (Å²) in [6.07, 6.45) is 4.81. The number of nitrogens with one attached hydrogen (secondary N) is 1. The van der Waals surface area contributed by atoms with Gasteiger partial charge in [0.1, 0.15) is 0 Å². The Morgan fingerprint density at radius 3 is 2.44 bits per heavy atom. The molecule has 1 aliphatic carbocycles. The summed E-state index contributed by atoms with van der Waals surface area (Å²) in [7, 11) is 3.20. The van der Waals surface area contributed by atoms with Gasteiger partial charge in [0.25, 0.3) is 0 Å². The van der Waals surface area contributed by atoms with Crippen LogP contribution in [0.5, 0.6) is 0 Å². The topological polar surface area (TPSA) is 47.6 Å². The summed E-state index contributed by atoms with van der Waals surface area (Å²) in [5, 5.41) is 3.45. The van der Waals surface area contributed by atoms with Crippen LogP contribution in [0.1, 0.15) is 39.0 Å². The van der Waals surface area contributed by atoms with Crippen molar-refractivity contribution in [1.29, 1.82) is 0 Å². The summed E-state index contributed by atoms with van der Waals surface area (Å²) >= 11 is 0. The lowest BCUT2D eigenvalue weighted by atomic mass is 9.78. The highest BCUT2D eigenvalue weighted by Gasteiger charge is 2.36. The zero-order valence-corrected chi connectivity index (χ0v) is 10.5. The van der Waals surface area contributed by atoms with Crippen LogP contribution in [-0.4, -0.2) is 38.4 Å². The van der Waals surface area contributed by atoms with Crippen LogP contribution in [-0.2, 0) is 14.3 Å². The van der Waals surface area contributed by atoms with Crippen molar-refractivity contribution >= 4 is 5.97 Å². The molecule has 16 heavy (non-hydrogen) atoms. The fourth-order valence-corrected chi connectivity index (χ4v) is 2.52. The van der Waals surface area contributed by atoms with Crippen molar-refractivity contribution in [1.82, 2.24) is 5.32 Å². The van der Waals surface area contributed by atoms with E-state index in [0.717, 1.165) is 32.2 Å². The molecule has 4 nitrogen and oxygen atoms in total. The normalized spacial score (nSPS) is 30.1. The smallest absolute Gasteiger partial charge is 0.307 e. The number of rotatable bonds is 5. The molecule has 0 spiro atoms. The maximum atomic E-state index is 11.4. The van der Waals surface area contributed by atoms with Gasteiger partial charge in [0, 0.05) is 12.6 Å². The third-order valence-corrected chi connectivity index (χ3v) is 3.49. The Morgan fingerprint density at radius 1 is 1.38 bits per heavy atom. The third kappa shape index (κ3) is 3.46. The Balaban J connectivity index is 2.56. The quantitative estimate of drug-likeness (QED) is 0.726. The minimum Gasteiger partial charge on any atom is -0.469 e. The van der Waals surface area contributed by atoms with Gasteiger partial charge in [0.2, 0.25) is 0 Å². The summed E-state index contributed by atoms with van der Waals surface area (Å²) in [6, 6.07) is 0. The summed E-state index contributed by atoms with van der Waals surface area (Å²) in [5.41, 5.74) is -0.0725. The number of carbonyl (C=O) groups is 1. The minimum absolute atomic E-state index is 0.0725. The second kappa shape index (κ2) is 6.21. The van der Waals surface area contributed by atoms with E-state index in [0.29, 0.717) is 12.5 Å². The van der Waals surface area contributed by atoms with E-state index in [2.05, 4.69) is 12.2 Å². The van der Waals surface area contributed by atoms with E-state index in [4.69, 9.17) is 9.47 Å². The standard InChI is InChI=1S/C12H23NO3/c1-4-13-12(9-11(14)16-3)7-5-10(15-2)6-8-12/h10,13H,4-9H2,1-3H3. The fraction of sp³-hybridized carbons (Fsp3) is 0.917. The number of esters is 1. The monoisotopic (exact) mass is 229 g/mol. The molecule has 1 saturated carbocycles. The second-order valence-electron chi connectivity index (χ2n) is 4.50. The number of hydrogen-bond acceptors (Lipinski definition) is 4. The molecular weight excluding hydrogens is 206 g/mol. The van der Waals surface area contributed by atoms with Crippen molar-refractivity contribution in [2.24, 2.45) is 0 Å². The van der Waals surface area contributed by atoms with Crippen molar-refractivity contribution in [3.63, 3.8) is 0 Å². The highest BCUT2D eigenvalue weighted by Crippen LogP contribution is 2.32. The van der Waals surface area contributed by atoms with Gasteiger partial charge in [-0.3, -0.25) is 4.79 Å². The van der Waals surface area contributed by atoms with Crippen LogP contribution >= 0.6 is 0 Å². The van der Waals surface area contributed by atoms with Crippen LogP contribution in [0.4, 0.5) is 0 Å². The first kappa shape index (κ1) is 13.5. The average Bonchev–Trinajstić information content (AvgIpc) is 2.30. The average molecular weight is 229 g/mol. The molecular formula is C12H23NO3. The first-order valence-electron chi connectivity index (χ1n) is 6.00. The second-order valence-corrected chi connectivity index (χ2v) is 4.50. The van der Waals surface area contributed by atoms with E-state index in [1.807, 2.05) is 0 Å². The number of hydrogen-bond donors (Lipinski definition) is 1. The Kier molecular flexibility index (Phi) is 5.22. The Labute approximate surface area is 97.7 Å². The molecule has 4 heteroatoms. The molecule has 1 rings (SSSR count). The van der Waals surface area contributed by atoms with Crippen molar-refractivity contribution < 1.29 is 14.3 Å². The molecule has 0 aromatic carbocycles. The van der Waals surface area contributed by atoms with Crippen LogP contribution in [0.3, 0.4) is 0 Å². The first-order valence-corrected chi connectivity index (χ1v) is 6.00. The Bertz CT molecular complexity index is 222. The molecule has 0 atom stereocenters. The number of ether oxygens (including phenoxy) is 2. The van der Waals surface area contributed by atoms with Gasteiger partial charge in [-0.25, -0.2) is 0 Å². The predicted molar refractivity (Wildman–Crippen MR) is 62.3 cm³/mol. The molecule has 0 radical (unpaired) electrons. The molecule has 0 saturated heterocycles. The van der Waals surface area contributed by atoms with Crippen LogP contribution in [0.25, 0.3) is 0 Å². The van der Waals surface area contributed by atoms with Crippen LogP contribution in [0.15, 0.2) is 0 Å². The Morgan fingerprint density at radius 2 is 2.00 bits per heavy atom. The van der Waals surface area contributed by atoms with E-state index in [-0.39, 0.29) is 11.5 Å². The van der Waals surface area contributed by atoms with Gasteiger partial charge in [0.05, 0.1) is 19.6 Å². The zero-order chi connectivity index (χ0) is 12.0. The van der Waals surface area contributed by atoms with Crippen molar-refractivity contribution in [2.75, 3.05) is 20.8 Å². The van der Waals surface area contributed by atoms with Crippen molar-refractivity contribution in [3.8, 4) is 0 Å².